The smallest absolute Gasteiger partial charge is 0.168 e. The molecule has 98 valence electrons. The number of hydrogen-bond donors (Lipinski definition) is 1. The Bertz CT molecular complexity index is 557. The lowest BCUT2D eigenvalue weighted by molar-refractivity contribution is 0.340. The van der Waals surface area contributed by atoms with Gasteiger partial charge in [0, 0.05) is 5.56 Å². The summed E-state index contributed by atoms with van der Waals surface area (Å²) in [4.78, 5) is 0. The van der Waals surface area contributed by atoms with Crippen LogP contribution in [0, 0.1) is 0 Å². The predicted octanol–water partition coefficient (Wildman–Crippen LogP) is 2.97. The molecule has 0 aliphatic carbocycles. The molecule has 0 radical (unpaired) electrons. The number of rotatable bonds is 5. The minimum absolute atomic E-state index is 0.344. The molecule has 1 aromatic heterocycles. The summed E-state index contributed by atoms with van der Waals surface area (Å²) in [5.41, 5.74) is 3.66. The number of aromatic nitrogens is 2. The third kappa shape index (κ3) is 3.93. The number of nitrogens with one attached hydrogen (secondary N) is 1. The predicted molar refractivity (Wildman–Crippen MR) is 75.9 cm³/mol. The molecule has 0 unspecified atom stereocenters. The van der Waals surface area contributed by atoms with E-state index in [9.17, 15) is 0 Å². The number of nitrogens with zero attached hydrogens (tertiary/aromatic N) is 3. The van der Waals surface area contributed by atoms with Gasteiger partial charge in [-0.2, -0.15) is 5.10 Å². The lowest BCUT2D eigenvalue weighted by atomic mass is 10.2. The van der Waals surface area contributed by atoms with Gasteiger partial charge in [0.2, 0.25) is 0 Å². The summed E-state index contributed by atoms with van der Waals surface area (Å²) in [5, 5.41) is 12.0. The van der Waals surface area contributed by atoms with E-state index < -0.39 is 0 Å². The highest BCUT2D eigenvalue weighted by molar-refractivity contribution is 6.29. The number of hydrazone groups is 1. The van der Waals surface area contributed by atoms with Crippen molar-refractivity contribution >= 4 is 23.6 Å². The Morgan fingerprint density at radius 1 is 1.26 bits per heavy atom. The molecule has 0 atom stereocenters. The van der Waals surface area contributed by atoms with E-state index in [1.54, 1.807) is 18.3 Å². The molecule has 0 saturated carbocycles. The molecular formula is C13H13ClN4O. The average Bonchev–Trinajstić information content (AvgIpc) is 2.43. The second kappa shape index (κ2) is 6.70. The molecule has 0 aliphatic heterocycles. The lowest BCUT2D eigenvalue weighted by Gasteiger charge is -2.05. The molecule has 1 aromatic carbocycles. The van der Waals surface area contributed by atoms with Crippen LogP contribution in [0.3, 0.4) is 0 Å². The highest BCUT2D eigenvalue weighted by Crippen LogP contribution is 2.15. The zero-order valence-corrected chi connectivity index (χ0v) is 11.1. The summed E-state index contributed by atoms with van der Waals surface area (Å²) in [6.07, 6.45) is 1.67. The fourth-order valence-electron chi connectivity index (χ4n) is 1.42. The number of benzene rings is 1. The topological polar surface area (TPSA) is 59.4 Å². The number of anilines is 1. The van der Waals surface area contributed by atoms with Crippen LogP contribution in [0.25, 0.3) is 0 Å². The van der Waals surface area contributed by atoms with Gasteiger partial charge in [0.1, 0.15) is 5.75 Å². The van der Waals surface area contributed by atoms with Gasteiger partial charge in [0.25, 0.3) is 0 Å². The zero-order valence-electron chi connectivity index (χ0n) is 10.4. The van der Waals surface area contributed by atoms with Gasteiger partial charge in [0.05, 0.1) is 12.8 Å². The maximum atomic E-state index is 5.64. The van der Waals surface area contributed by atoms with Crippen LogP contribution in [0.2, 0.25) is 5.15 Å². The van der Waals surface area contributed by atoms with E-state index >= 15 is 0 Å². The van der Waals surface area contributed by atoms with Crippen LogP contribution < -0.4 is 10.2 Å². The van der Waals surface area contributed by atoms with Crippen molar-refractivity contribution < 1.29 is 4.74 Å². The second-order valence-corrected chi connectivity index (χ2v) is 3.97. The van der Waals surface area contributed by atoms with Gasteiger partial charge in [-0.3, -0.25) is 5.43 Å². The number of ether oxygens (including phenoxy) is 1. The molecule has 5 nitrogen and oxygen atoms in total. The Hall–Kier alpha value is -2.14. The minimum atomic E-state index is 0.344. The summed E-state index contributed by atoms with van der Waals surface area (Å²) >= 11 is 5.64. The van der Waals surface area contributed by atoms with Gasteiger partial charge >= 0.3 is 0 Å². The van der Waals surface area contributed by atoms with Crippen molar-refractivity contribution in [1.82, 2.24) is 10.2 Å². The normalized spacial score (nSPS) is 10.6. The summed E-state index contributed by atoms with van der Waals surface area (Å²) in [6, 6.07) is 11.0. The first-order valence-corrected chi connectivity index (χ1v) is 6.17. The Balaban J connectivity index is 2.04. The van der Waals surface area contributed by atoms with E-state index in [1.807, 2.05) is 31.2 Å². The Labute approximate surface area is 116 Å². The average molecular weight is 277 g/mol. The second-order valence-electron chi connectivity index (χ2n) is 3.58. The molecule has 0 saturated heterocycles. The van der Waals surface area contributed by atoms with Crippen molar-refractivity contribution in [1.29, 1.82) is 0 Å². The molecule has 1 N–H and O–H groups in total. The highest BCUT2D eigenvalue weighted by atomic mass is 35.5. The molecule has 2 rings (SSSR count). The van der Waals surface area contributed by atoms with Crippen molar-refractivity contribution in [2.45, 2.75) is 6.92 Å². The fourth-order valence-corrected chi connectivity index (χ4v) is 1.52. The minimum Gasteiger partial charge on any atom is -0.493 e. The first kappa shape index (κ1) is 13.3. The van der Waals surface area contributed by atoms with Gasteiger partial charge in [0.15, 0.2) is 11.0 Å². The van der Waals surface area contributed by atoms with E-state index in [-0.39, 0.29) is 0 Å². The van der Waals surface area contributed by atoms with Crippen molar-refractivity contribution in [3.63, 3.8) is 0 Å². The lowest BCUT2D eigenvalue weighted by Crippen LogP contribution is -1.98. The molecule has 0 fully saturated rings. The Morgan fingerprint density at radius 2 is 2.11 bits per heavy atom. The quantitative estimate of drug-likeness (QED) is 0.674. The van der Waals surface area contributed by atoms with Crippen LogP contribution in [0.1, 0.15) is 12.5 Å². The summed E-state index contributed by atoms with van der Waals surface area (Å²) in [5.74, 6) is 1.31. The standard InChI is InChI=1S/C13H13ClN4O/c1-2-19-11-6-4-3-5-10(11)9-15-17-13-8-7-12(14)16-18-13/h3-9H,2H2,1H3,(H,17,18). The van der Waals surface area contributed by atoms with E-state index in [1.165, 1.54) is 0 Å². The van der Waals surface area contributed by atoms with Crippen LogP contribution in [-0.2, 0) is 0 Å². The first-order valence-electron chi connectivity index (χ1n) is 5.79. The molecule has 6 heteroatoms. The highest BCUT2D eigenvalue weighted by Gasteiger charge is 1.99. The monoisotopic (exact) mass is 276 g/mol. The third-order valence-corrected chi connectivity index (χ3v) is 2.44. The summed E-state index contributed by atoms with van der Waals surface area (Å²) in [6.45, 7) is 2.55. The van der Waals surface area contributed by atoms with Gasteiger partial charge in [-0.25, -0.2) is 0 Å². The molecular weight excluding hydrogens is 264 g/mol. The third-order valence-electron chi connectivity index (χ3n) is 2.23. The summed E-state index contributed by atoms with van der Waals surface area (Å²) in [7, 11) is 0. The molecule has 1 heterocycles. The van der Waals surface area contributed by atoms with Crippen molar-refractivity contribution in [2.24, 2.45) is 5.10 Å². The SMILES string of the molecule is CCOc1ccccc1C=NNc1ccc(Cl)nn1. The Morgan fingerprint density at radius 3 is 2.84 bits per heavy atom. The largest absolute Gasteiger partial charge is 0.493 e. The Kier molecular flexibility index (Phi) is 4.69. The van der Waals surface area contributed by atoms with E-state index in [2.05, 4.69) is 20.7 Å². The van der Waals surface area contributed by atoms with E-state index in [0.29, 0.717) is 17.6 Å². The maximum Gasteiger partial charge on any atom is 0.168 e. The van der Waals surface area contributed by atoms with Crippen LogP contribution in [0.4, 0.5) is 5.82 Å². The van der Waals surface area contributed by atoms with Crippen LogP contribution in [0.5, 0.6) is 5.75 Å². The number of para-hydroxylation sites is 1. The van der Waals surface area contributed by atoms with Crippen molar-refractivity contribution in [2.75, 3.05) is 12.0 Å². The van der Waals surface area contributed by atoms with Crippen LogP contribution >= 0.6 is 11.6 Å². The number of hydrogen-bond acceptors (Lipinski definition) is 5. The number of halogens is 1. The molecule has 2 aromatic rings. The van der Waals surface area contributed by atoms with Crippen molar-refractivity contribution in [3.05, 3.63) is 47.1 Å². The van der Waals surface area contributed by atoms with E-state index in [4.69, 9.17) is 16.3 Å². The van der Waals surface area contributed by atoms with Crippen LogP contribution in [0.15, 0.2) is 41.5 Å². The van der Waals surface area contributed by atoms with Crippen LogP contribution in [-0.4, -0.2) is 23.0 Å². The van der Waals surface area contributed by atoms with Gasteiger partial charge < -0.3 is 4.74 Å². The van der Waals surface area contributed by atoms with Gasteiger partial charge in [-0.1, -0.05) is 23.7 Å². The molecule has 0 spiro atoms. The maximum absolute atomic E-state index is 5.64. The molecule has 0 aliphatic rings. The van der Waals surface area contributed by atoms with Gasteiger partial charge in [-0.15, -0.1) is 10.2 Å². The summed E-state index contributed by atoms with van der Waals surface area (Å²) < 4.78 is 5.49. The molecule has 19 heavy (non-hydrogen) atoms. The van der Waals surface area contributed by atoms with Crippen molar-refractivity contribution in [3.8, 4) is 5.75 Å². The first-order chi connectivity index (χ1) is 9.29. The molecule has 0 amide bonds. The van der Waals surface area contributed by atoms with E-state index in [0.717, 1.165) is 11.3 Å². The zero-order chi connectivity index (χ0) is 13.5. The fraction of sp³-hybridized carbons (Fsp3) is 0.154. The van der Waals surface area contributed by atoms with Gasteiger partial charge in [-0.05, 0) is 31.2 Å². The molecule has 0 bridgehead atoms.